The Labute approximate surface area is 171 Å². The van der Waals surface area contributed by atoms with E-state index >= 15 is 0 Å². The molecule has 7 nitrogen and oxygen atoms in total. The van der Waals surface area contributed by atoms with E-state index in [1.165, 1.54) is 11.9 Å². The lowest BCUT2D eigenvalue weighted by Gasteiger charge is -2.33. The number of hydrogen-bond acceptors (Lipinski definition) is 7. The predicted octanol–water partition coefficient (Wildman–Crippen LogP) is 2.62. The quantitative estimate of drug-likeness (QED) is 0.641. The highest BCUT2D eigenvalue weighted by Gasteiger charge is 2.26. The van der Waals surface area contributed by atoms with Crippen LogP contribution < -0.4 is 4.90 Å². The van der Waals surface area contributed by atoms with Crippen molar-refractivity contribution >= 4 is 5.95 Å². The number of benzene rings is 1. The summed E-state index contributed by atoms with van der Waals surface area (Å²) in [7, 11) is 3.89. The van der Waals surface area contributed by atoms with Crippen LogP contribution in [0.4, 0.5) is 5.95 Å². The molecule has 0 unspecified atom stereocenters. The van der Waals surface area contributed by atoms with Gasteiger partial charge in [-0.15, -0.1) is 0 Å². The average Bonchev–Trinajstić information content (AvgIpc) is 2.79. The van der Waals surface area contributed by atoms with Crippen molar-refractivity contribution < 1.29 is 4.74 Å². The van der Waals surface area contributed by atoms with E-state index in [1.807, 2.05) is 25.2 Å². The number of rotatable bonds is 6. The van der Waals surface area contributed by atoms with Crippen molar-refractivity contribution in [3.8, 4) is 11.1 Å². The number of anilines is 1. The lowest BCUT2D eigenvalue weighted by Crippen LogP contribution is -2.40. The van der Waals surface area contributed by atoms with E-state index in [-0.39, 0.29) is 6.10 Å². The molecule has 3 aromatic rings. The highest BCUT2D eigenvalue weighted by atomic mass is 16.5. The van der Waals surface area contributed by atoms with Crippen LogP contribution in [0, 0.1) is 0 Å². The van der Waals surface area contributed by atoms with Crippen LogP contribution in [0.15, 0.2) is 55.2 Å². The van der Waals surface area contributed by atoms with Crippen LogP contribution in [0.5, 0.6) is 0 Å². The van der Waals surface area contributed by atoms with E-state index in [2.05, 4.69) is 50.2 Å². The van der Waals surface area contributed by atoms with Crippen LogP contribution in [0.1, 0.15) is 17.4 Å². The number of morpholine rings is 1. The molecule has 0 radical (unpaired) electrons. The van der Waals surface area contributed by atoms with Gasteiger partial charge in [-0.25, -0.2) is 19.9 Å². The monoisotopic (exact) mass is 390 g/mol. The van der Waals surface area contributed by atoms with Gasteiger partial charge in [-0.05, 0) is 12.0 Å². The number of nitrogens with zero attached hydrogens (tertiary/aromatic N) is 6. The van der Waals surface area contributed by atoms with Crippen molar-refractivity contribution in [2.75, 3.05) is 45.2 Å². The second-order valence-electron chi connectivity index (χ2n) is 7.39. The van der Waals surface area contributed by atoms with Crippen molar-refractivity contribution in [1.29, 1.82) is 0 Å². The van der Waals surface area contributed by atoms with E-state index in [0.717, 1.165) is 42.9 Å². The number of hydrogen-bond donors (Lipinski definition) is 0. The molecule has 2 aromatic heterocycles. The third kappa shape index (κ3) is 4.75. The molecule has 3 heterocycles. The molecule has 7 heteroatoms. The first kappa shape index (κ1) is 19.4. The Morgan fingerprint density at radius 2 is 1.90 bits per heavy atom. The van der Waals surface area contributed by atoms with Crippen molar-refractivity contribution in [2.45, 2.75) is 12.5 Å². The normalized spacial score (nSPS) is 17.2. The van der Waals surface area contributed by atoms with Crippen LogP contribution in [-0.2, 0) is 11.2 Å². The van der Waals surface area contributed by atoms with Crippen molar-refractivity contribution in [2.24, 2.45) is 0 Å². The van der Waals surface area contributed by atoms with Gasteiger partial charge in [0.15, 0.2) is 0 Å². The number of ether oxygens (including phenoxy) is 1. The zero-order valence-corrected chi connectivity index (χ0v) is 16.9. The fourth-order valence-corrected chi connectivity index (χ4v) is 3.51. The Kier molecular flexibility index (Phi) is 6.07. The summed E-state index contributed by atoms with van der Waals surface area (Å²) >= 11 is 0. The Balaban J connectivity index is 1.56. The molecule has 1 atom stereocenters. The molecule has 1 aromatic carbocycles. The molecular weight excluding hydrogens is 364 g/mol. The molecule has 0 aliphatic carbocycles. The fraction of sp³-hybridized carbons (Fsp3) is 0.364. The molecular formula is C22H26N6O. The van der Waals surface area contributed by atoms with E-state index in [9.17, 15) is 0 Å². The van der Waals surface area contributed by atoms with Gasteiger partial charge in [-0.1, -0.05) is 30.3 Å². The summed E-state index contributed by atoms with van der Waals surface area (Å²) in [5.74, 6) is 0.672. The zero-order valence-electron chi connectivity index (χ0n) is 16.9. The minimum absolute atomic E-state index is 0.114. The molecule has 0 spiro atoms. The first-order chi connectivity index (χ1) is 14.2. The summed E-state index contributed by atoms with van der Waals surface area (Å²) in [5.41, 5.74) is 4.07. The lowest BCUT2D eigenvalue weighted by molar-refractivity contribution is -0.0313. The van der Waals surface area contributed by atoms with Crippen LogP contribution in [0.2, 0.25) is 0 Å². The molecule has 29 heavy (non-hydrogen) atoms. The molecule has 4 rings (SSSR count). The Bertz CT molecular complexity index is 919. The second-order valence-corrected chi connectivity index (χ2v) is 7.39. The van der Waals surface area contributed by atoms with Gasteiger partial charge in [0.25, 0.3) is 0 Å². The van der Waals surface area contributed by atoms with Crippen LogP contribution in [-0.4, -0.2) is 65.2 Å². The van der Waals surface area contributed by atoms with E-state index in [4.69, 9.17) is 9.72 Å². The van der Waals surface area contributed by atoms with Gasteiger partial charge in [0.05, 0.1) is 12.3 Å². The Morgan fingerprint density at radius 3 is 2.66 bits per heavy atom. The summed E-state index contributed by atoms with van der Waals surface area (Å²) < 4.78 is 6.15. The first-order valence-electron chi connectivity index (χ1n) is 9.88. The Hall–Kier alpha value is -2.90. The van der Waals surface area contributed by atoms with Crippen molar-refractivity contribution in [1.82, 2.24) is 24.8 Å². The molecule has 150 valence electrons. The molecule has 1 saturated heterocycles. The third-order valence-electron chi connectivity index (χ3n) is 5.09. The maximum Gasteiger partial charge on any atom is 0.225 e. The summed E-state index contributed by atoms with van der Waals surface area (Å²) in [6, 6.07) is 10.6. The van der Waals surface area contributed by atoms with E-state index < -0.39 is 0 Å². The minimum atomic E-state index is -0.114. The first-order valence-corrected chi connectivity index (χ1v) is 9.88. The van der Waals surface area contributed by atoms with Gasteiger partial charge >= 0.3 is 0 Å². The largest absolute Gasteiger partial charge is 0.369 e. The summed E-state index contributed by atoms with van der Waals surface area (Å²) in [6.45, 7) is 3.42. The van der Waals surface area contributed by atoms with Gasteiger partial charge in [-0.3, -0.25) is 4.90 Å². The summed E-state index contributed by atoms with van der Waals surface area (Å²) in [6.07, 6.45) is 7.88. The smallest absolute Gasteiger partial charge is 0.225 e. The van der Waals surface area contributed by atoms with Crippen LogP contribution >= 0.6 is 0 Å². The summed E-state index contributed by atoms with van der Waals surface area (Å²) in [5, 5.41) is 0. The van der Waals surface area contributed by atoms with Gasteiger partial charge in [0.1, 0.15) is 12.4 Å². The highest BCUT2D eigenvalue weighted by Crippen LogP contribution is 2.30. The number of aromatic nitrogens is 4. The second kappa shape index (κ2) is 9.07. The molecule has 0 N–H and O–H groups in total. The molecule has 1 aliphatic rings. The maximum atomic E-state index is 6.15. The third-order valence-corrected chi connectivity index (χ3v) is 5.09. The Morgan fingerprint density at radius 1 is 1.10 bits per heavy atom. The SMILES string of the molecule is CN(C)c1ncc(-c2cncnc2)c([C@H]2CN(CCc3ccccc3)CCO2)n1. The molecule has 0 amide bonds. The summed E-state index contributed by atoms with van der Waals surface area (Å²) in [4.78, 5) is 22.0. The van der Waals surface area contributed by atoms with Gasteiger partial charge in [0.2, 0.25) is 5.95 Å². The molecule has 1 aliphatic heterocycles. The molecule has 0 saturated carbocycles. The molecule has 0 bridgehead atoms. The van der Waals surface area contributed by atoms with Crippen LogP contribution in [0.3, 0.4) is 0 Å². The van der Waals surface area contributed by atoms with E-state index in [0.29, 0.717) is 12.6 Å². The average molecular weight is 390 g/mol. The lowest BCUT2D eigenvalue weighted by atomic mass is 10.0. The molecule has 1 fully saturated rings. The standard InChI is InChI=1S/C22H26N6O/c1-27(2)22-25-14-19(18-12-23-16-24-13-18)21(26-22)20-15-28(10-11-29-20)9-8-17-6-4-3-5-7-17/h3-7,12-14,16,20H,8-11,15H2,1-2H3/t20-/m1/s1. The highest BCUT2D eigenvalue weighted by molar-refractivity contribution is 5.64. The van der Waals surface area contributed by atoms with Crippen LogP contribution in [0.25, 0.3) is 11.1 Å². The van der Waals surface area contributed by atoms with Gasteiger partial charge in [0, 0.05) is 63.4 Å². The minimum Gasteiger partial charge on any atom is -0.369 e. The fourth-order valence-electron chi connectivity index (χ4n) is 3.51. The van der Waals surface area contributed by atoms with Crippen molar-refractivity contribution in [3.05, 3.63) is 66.5 Å². The van der Waals surface area contributed by atoms with Gasteiger partial charge < -0.3 is 9.64 Å². The topological polar surface area (TPSA) is 67.3 Å². The van der Waals surface area contributed by atoms with E-state index in [1.54, 1.807) is 12.4 Å². The van der Waals surface area contributed by atoms with Gasteiger partial charge in [-0.2, -0.15) is 0 Å². The predicted molar refractivity (Wildman–Crippen MR) is 113 cm³/mol. The maximum absolute atomic E-state index is 6.15. The zero-order chi connectivity index (χ0) is 20.1. The van der Waals surface area contributed by atoms with Crippen molar-refractivity contribution in [3.63, 3.8) is 0 Å².